The molecule has 0 spiro atoms. The first-order valence-electron chi connectivity index (χ1n) is 13.3. The Hall–Kier alpha value is -3.17. The van der Waals surface area contributed by atoms with Crippen LogP contribution in [-0.4, -0.2) is 29.2 Å². The van der Waals surface area contributed by atoms with Gasteiger partial charge < -0.3 is 15.5 Å². The summed E-state index contributed by atoms with van der Waals surface area (Å²) in [6, 6.07) is 17.3. The van der Waals surface area contributed by atoms with E-state index in [0.717, 1.165) is 60.7 Å². The third-order valence-electron chi connectivity index (χ3n) is 8.20. The number of quaternary nitrogens is 1. The third-order valence-corrected chi connectivity index (χ3v) is 8.45. The highest BCUT2D eigenvalue weighted by molar-refractivity contribution is 6.30. The van der Waals surface area contributed by atoms with Crippen LogP contribution in [0.2, 0.25) is 5.02 Å². The number of halogens is 4. The van der Waals surface area contributed by atoms with E-state index >= 15 is 0 Å². The number of carbonyl (C=O) groups is 1. The molecule has 3 N–H and O–H groups in total. The highest BCUT2D eigenvalue weighted by Gasteiger charge is 2.52. The maximum absolute atomic E-state index is 14.3. The number of aliphatic hydroxyl groups excluding tert-OH is 1. The van der Waals surface area contributed by atoms with Gasteiger partial charge in [0.1, 0.15) is 11.4 Å². The van der Waals surface area contributed by atoms with Crippen molar-refractivity contribution in [1.29, 1.82) is 0 Å². The number of carbonyl (C=O) groups excluding carboxylic acids is 1. The molecule has 210 valence electrons. The van der Waals surface area contributed by atoms with Gasteiger partial charge in [-0.3, -0.25) is 4.79 Å². The predicted molar refractivity (Wildman–Crippen MR) is 151 cm³/mol. The Morgan fingerprint density at radius 3 is 2.33 bits per heavy atom. The van der Waals surface area contributed by atoms with Crippen LogP contribution in [0, 0.1) is 5.92 Å². The van der Waals surface area contributed by atoms with Crippen LogP contribution in [-0.2, 0) is 11.0 Å². The van der Waals surface area contributed by atoms with Gasteiger partial charge in [0.2, 0.25) is 0 Å². The minimum atomic E-state index is -4.82. The van der Waals surface area contributed by atoms with E-state index in [4.69, 9.17) is 11.6 Å². The molecule has 1 aliphatic carbocycles. The van der Waals surface area contributed by atoms with Crippen molar-refractivity contribution < 1.29 is 28.2 Å². The number of rotatable bonds is 6. The Morgan fingerprint density at radius 1 is 1.00 bits per heavy atom. The highest BCUT2D eigenvalue weighted by Crippen LogP contribution is 2.49. The molecular formula is C31H31ClF3N2O3+. The molecular weight excluding hydrogens is 541 g/mol. The molecule has 2 aliphatic rings. The van der Waals surface area contributed by atoms with Crippen LogP contribution in [0.3, 0.4) is 0 Å². The minimum Gasteiger partial charge on any atom is -0.364 e. The zero-order chi connectivity index (χ0) is 28.7. The number of benzene rings is 3. The largest absolute Gasteiger partial charge is 0.418 e. The SMILES string of the molecule is C[N+]1(C(C(=O)Nc2ccc(C(O)O)cc2C(F)(F)F)C2CCCCC2)C(c2ccc(Cl)cc2)=Cc2ccccc21. The number of anilines is 1. The number of amides is 1. The molecule has 40 heavy (non-hydrogen) atoms. The van der Waals surface area contributed by atoms with Gasteiger partial charge in [0.15, 0.2) is 12.3 Å². The number of alkyl halides is 3. The zero-order valence-corrected chi connectivity index (χ0v) is 22.7. The van der Waals surface area contributed by atoms with Gasteiger partial charge in [0, 0.05) is 39.8 Å². The smallest absolute Gasteiger partial charge is 0.364 e. The normalized spacial score (nSPS) is 20.2. The van der Waals surface area contributed by atoms with Gasteiger partial charge >= 0.3 is 6.18 Å². The van der Waals surface area contributed by atoms with Crippen molar-refractivity contribution in [3.05, 3.63) is 94.0 Å². The van der Waals surface area contributed by atoms with Crippen molar-refractivity contribution in [2.24, 2.45) is 5.92 Å². The lowest BCUT2D eigenvalue weighted by Crippen LogP contribution is -2.60. The fraction of sp³-hybridized carbons (Fsp3) is 0.323. The van der Waals surface area contributed by atoms with Crippen molar-refractivity contribution in [2.45, 2.75) is 50.6 Å². The molecule has 3 aromatic carbocycles. The summed E-state index contributed by atoms with van der Waals surface area (Å²) in [5, 5.41) is 22.1. The van der Waals surface area contributed by atoms with E-state index < -0.39 is 35.7 Å². The first kappa shape index (κ1) is 28.4. The van der Waals surface area contributed by atoms with Gasteiger partial charge in [0.05, 0.1) is 18.3 Å². The summed E-state index contributed by atoms with van der Waals surface area (Å²) in [6.07, 6.45) is -0.360. The second-order valence-electron chi connectivity index (χ2n) is 10.7. The molecule has 1 heterocycles. The number of hydrogen-bond donors (Lipinski definition) is 3. The van der Waals surface area contributed by atoms with E-state index in [1.54, 1.807) is 12.1 Å². The maximum atomic E-state index is 14.3. The molecule has 1 saturated carbocycles. The third kappa shape index (κ3) is 5.29. The van der Waals surface area contributed by atoms with Gasteiger partial charge in [0.25, 0.3) is 5.91 Å². The van der Waals surface area contributed by atoms with Crippen LogP contribution in [0.25, 0.3) is 11.8 Å². The monoisotopic (exact) mass is 571 g/mol. The molecule has 1 fully saturated rings. The van der Waals surface area contributed by atoms with E-state index in [0.29, 0.717) is 11.1 Å². The number of fused-ring (bicyclic) bond motifs is 1. The van der Waals surface area contributed by atoms with Crippen molar-refractivity contribution >= 4 is 40.7 Å². The predicted octanol–water partition coefficient (Wildman–Crippen LogP) is 7.38. The van der Waals surface area contributed by atoms with Crippen molar-refractivity contribution in [2.75, 3.05) is 12.4 Å². The van der Waals surface area contributed by atoms with Gasteiger partial charge in [-0.25, -0.2) is 4.48 Å². The highest BCUT2D eigenvalue weighted by atomic mass is 35.5. The molecule has 0 aromatic heterocycles. The maximum Gasteiger partial charge on any atom is 0.418 e. The zero-order valence-electron chi connectivity index (χ0n) is 22.0. The Balaban J connectivity index is 1.63. The summed E-state index contributed by atoms with van der Waals surface area (Å²) in [4.78, 5) is 14.3. The van der Waals surface area contributed by atoms with Crippen molar-refractivity contribution in [3.8, 4) is 0 Å². The van der Waals surface area contributed by atoms with Crippen LogP contribution < -0.4 is 9.80 Å². The standard InChI is InChI=1S/C31H30ClF3N2O3/c1-37(26-10-6-5-9-21(26)18-27(37)19-11-14-23(32)15-12-19)28(20-7-3-2-4-8-20)29(38)36-25-16-13-22(30(39)40)17-24(25)31(33,34)35/h5-6,9-18,20,28,30,39-40H,2-4,7-8H2,1H3/p+1. The van der Waals surface area contributed by atoms with E-state index in [-0.39, 0.29) is 16.0 Å². The second-order valence-corrected chi connectivity index (χ2v) is 11.1. The summed E-state index contributed by atoms with van der Waals surface area (Å²) in [5.41, 5.74) is 1.71. The van der Waals surface area contributed by atoms with E-state index in [1.165, 1.54) is 6.07 Å². The lowest BCUT2D eigenvalue weighted by atomic mass is 9.81. The topological polar surface area (TPSA) is 69.6 Å². The van der Waals surface area contributed by atoms with Crippen molar-refractivity contribution in [1.82, 2.24) is 4.48 Å². The average molecular weight is 572 g/mol. The number of aliphatic hydroxyl groups is 2. The van der Waals surface area contributed by atoms with Gasteiger partial charge in [-0.15, -0.1) is 0 Å². The number of nitrogens with zero attached hydrogens (tertiary/aromatic N) is 1. The van der Waals surface area contributed by atoms with E-state index in [9.17, 15) is 28.2 Å². The molecule has 0 saturated heterocycles. The summed E-state index contributed by atoms with van der Waals surface area (Å²) >= 11 is 6.17. The first-order chi connectivity index (χ1) is 19.0. The molecule has 5 nitrogen and oxygen atoms in total. The van der Waals surface area contributed by atoms with E-state index in [1.807, 2.05) is 49.5 Å². The fourth-order valence-electron chi connectivity index (χ4n) is 6.31. The Morgan fingerprint density at radius 2 is 1.68 bits per heavy atom. The molecule has 2 unspecified atom stereocenters. The summed E-state index contributed by atoms with van der Waals surface area (Å²) in [5.74, 6) is -0.595. The average Bonchev–Trinajstić information content (AvgIpc) is 3.22. The lowest BCUT2D eigenvalue weighted by Gasteiger charge is -2.43. The quantitative estimate of drug-likeness (QED) is 0.214. The van der Waals surface area contributed by atoms with E-state index in [2.05, 4.69) is 5.32 Å². The van der Waals surface area contributed by atoms with Crippen LogP contribution in [0.5, 0.6) is 0 Å². The van der Waals surface area contributed by atoms with Gasteiger partial charge in [-0.05, 0) is 55.3 Å². The molecule has 3 aromatic rings. The molecule has 9 heteroatoms. The fourth-order valence-corrected chi connectivity index (χ4v) is 6.43. The molecule has 1 aliphatic heterocycles. The molecule has 5 rings (SSSR count). The summed E-state index contributed by atoms with van der Waals surface area (Å²) in [6.45, 7) is 0. The lowest BCUT2D eigenvalue weighted by molar-refractivity contribution is -0.137. The van der Waals surface area contributed by atoms with Crippen LogP contribution in [0.1, 0.15) is 60.6 Å². The Kier molecular flexibility index (Phi) is 7.81. The summed E-state index contributed by atoms with van der Waals surface area (Å²) < 4.78 is 42.2. The number of nitrogens with one attached hydrogen (secondary N) is 1. The van der Waals surface area contributed by atoms with Crippen LogP contribution >= 0.6 is 11.6 Å². The molecule has 0 bridgehead atoms. The number of likely N-dealkylation sites (N-methyl/N-ethyl adjacent to an activating group) is 1. The number of hydrogen-bond acceptors (Lipinski definition) is 3. The Bertz CT molecular complexity index is 1430. The molecule has 0 radical (unpaired) electrons. The number of para-hydroxylation sites is 1. The Labute approximate surface area is 236 Å². The van der Waals surface area contributed by atoms with Gasteiger partial charge in [-0.1, -0.05) is 49.1 Å². The van der Waals surface area contributed by atoms with Crippen molar-refractivity contribution in [3.63, 3.8) is 0 Å². The van der Waals surface area contributed by atoms with Crippen LogP contribution in [0.4, 0.5) is 24.5 Å². The van der Waals surface area contributed by atoms with Gasteiger partial charge in [-0.2, -0.15) is 13.2 Å². The summed E-state index contributed by atoms with van der Waals surface area (Å²) in [7, 11) is 1.96. The molecule has 2 atom stereocenters. The second kappa shape index (κ2) is 11.0. The first-order valence-corrected chi connectivity index (χ1v) is 13.7. The van der Waals surface area contributed by atoms with Crippen LogP contribution in [0.15, 0.2) is 66.7 Å². The molecule has 1 amide bonds. The minimum absolute atomic E-state index is 0.0755.